The average molecular weight is 362 g/mol. The maximum absolute atomic E-state index is 10.4. The van der Waals surface area contributed by atoms with Crippen molar-refractivity contribution in [2.75, 3.05) is 6.61 Å². The first-order valence-corrected chi connectivity index (χ1v) is 10.3. The van der Waals surface area contributed by atoms with Crippen molar-refractivity contribution in [2.45, 2.75) is 96.8 Å². The van der Waals surface area contributed by atoms with Gasteiger partial charge in [0.2, 0.25) is 0 Å². The molecular weight excluding hydrogens is 326 g/mol. The van der Waals surface area contributed by atoms with Gasteiger partial charge in [-0.3, -0.25) is 4.52 Å². The van der Waals surface area contributed by atoms with Crippen LogP contribution < -0.4 is 29.6 Å². The second-order valence-corrected chi connectivity index (χ2v) is 7.16. The van der Waals surface area contributed by atoms with E-state index in [-0.39, 0.29) is 41.6 Å². The van der Waals surface area contributed by atoms with E-state index < -0.39 is 7.82 Å². The molecule has 3 N–H and O–H groups in total. The molecule has 0 fully saturated rings. The van der Waals surface area contributed by atoms with Gasteiger partial charge in [0.15, 0.2) is 0 Å². The largest absolute Gasteiger partial charge is 1.00 e. The second kappa shape index (κ2) is 21.1. The van der Waals surface area contributed by atoms with Gasteiger partial charge in [-0.05, 0) is 6.42 Å². The summed E-state index contributed by atoms with van der Waals surface area (Å²) in [6, 6.07) is 0. The standard InChI is InChI=1S/C16H35O4P.Na.H2O/c1-2-3-4-5-6-7-8-9-10-11-12-13-14-15-16-20-21(17,18)19;;/h2-16H2,1H3,(H2,17,18,19);;1H2/q;+1;/p-1. The third kappa shape index (κ3) is 28.2. The van der Waals surface area contributed by atoms with Crippen molar-refractivity contribution in [1.29, 1.82) is 0 Å². The van der Waals surface area contributed by atoms with Crippen LogP contribution in [0.15, 0.2) is 0 Å². The van der Waals surface area contributed by atoms with E-state index in [0.29, 0.717) is 0 Å². The summed E-state index contributed by atoms with van der Waals surface area (Å²) >= 11 is 0. The first kappa shape index (κ1) is 28.9. The van der Waals surface area contributed by atoms with Gasteiger partial charge >= 0.3 is 37.4 Å². The normalized spacial score (nSPS) is 10.9. The summed E-state index contributed by atoms with van der Waals surface area (Å²) in [5, 5.41) is 0. The van der Waals surface area contributed by atoms with Crippen molar-refractivity contribution in [1.82, 2.24) is 0 Å². The molecule has 0 aromatic heterocycles. The zero-order chi connectivity index (χ0) is 15.8. The Morgan fingerprint density at radius 3 is 1.30 bits per heavy atom. The van der Waals surface area contributed by atoms with Gasteiger partial charge in [-0.25, -0.2) is 4.57 Å². The predicted molar refractivity (Wildman–Crippen MR) is 90.2 cm³/mol. The van der Waals surface area contributed by atoms with Gasteiger partial charge in [0.1, 0.15) is 0 Å². The monoisotopic (exact) mass is 362 g/mol. The fraction of sp³-hybridized carbons (Fsp3) is 1.00. The van der Waals surface area contributed by atoms with Crippen LogP contribution in [0.5, 0.6) is 0 Å². The van der Waals surface area contributed by atoms with E-state index in [2.05, 4.69) is 11.4 Å². The Morgan fingerprint density at radius 1 is 0.696 bits per heavy atom. The van der Waals surface area contributed by atoms with Gasteiger partial charge in [-0.1, -0.05) is 90.4 Å². The van der Waals surface area contributed by atoms with Crippen molar-refractivity contribution < 1.29 is 53.9 Å². The maximum atomic E-state index is 10.4. The van der Waals surface area contributed by atoms with Crippen LogP contribution in [-0.4, -0.2) is 21.9 Å². The summed E-state index contributed by atoms with van der Waals surface area (Å²) in [5.41, 5.74) is 0. The Morgan fingerprint density at radius 2 is 1.00 bits per heavy atom. The molecule has 0 bridgehead atoms. The first-order chi connectivity index (χ1) is 10.1. The molecule has 0 radical (unpaired) electrons. The molecule has 0 aliphatic rings. The Balaban J connectivity index is -0.00000200. The molecule has 0 heterocycles. The van der Waals surface area contributed by atoms with Gasteiger partial charge in [-0.2, -0.15) is 0 Å². The van der Waals surface area contributed by atoms with E-state index in [4.69, 9.17) is 9.79 Å². The van der Waals surface area contributed by atoms with Crippen LogP contribution in [-0.2, 0) is 9.09 Å². The molecule has 0 saturated carbocycles. The molecule has 0 aromatic rings. The Hall–Kier alpha value is 1.07. The number of unbranched alkanes of at least 4 members (excludes halogenated alkanes) is 13. The molecule has 0 amide bonds. The molecular formula is C16H36NaO5P. The molecule has 0 aromatic carbocycles. The van der Waals surface area contributed by atoms with Crippen LogP contribution in [0.25, 0.3) is 0 Å². The van der Waals surface area contributed by atoms with Crippen LogP contribution in [0.3, 0.4) is 0 Å². The molecule has 0 aliphatic heterocycles. The SMILES string of the molecule is CCCCCCCCCCCCCCCCOP(=O)(O)O.[Na+].[OH-]. The molecule has 136 valence electrons. The summed E-state index contributed by atoms with van der Waals surface area (Å²) in [7, 11) is -4.25. The maximum Gasteiger partial charge on any atom is 1.00 e. The molecule has 0 unspecified atom stereocenters. The molecule has 7 heteroatoms. The quantitative estimate of drug-likeness (QED) is 0.250. The summed E-state index contributed by atoms with van der Waals surface area (Å²) in [6.07, 6.45) is 17.8. The third-order valence-electron chi connectivity index (χ3n) is 3.76. The molecule has 23 heavy (non-hydrogen) atoms. The number of phosphoric acid groups is 1. The third-order valence-corrected chi connectivity index (χ3v) is 4.28. The zero-order valence-corrected chi connectivity index (χ0v) is 18.1. The molecule has 0 rings (SSSR count). The van der Waals surface area contributed by atoms with Crippen molar-refractivity contribution in [3.05, 3.63) is 0 Å². The number of hydrogen-bond acceptors (Lipinski definition) is 3. The fourth-order valence-corrected chi connectivity index (χ4v) is 2.85. The van der Waals surface area contributed by atoms with Crippen molar-refractivity contribution in [3.8, 4) is 0 Å². The number of phosphoric ester groups is 1. The zero-order valence-electron chi connectivity index (χ0n) is 15.2. The molecule has 0 saturated heterocycles. The van der Waals surface area contributed by atoms with E-state index in [1.807, 2.05) is 0 Å². The minimum Gasteiger partial charge on any atom is -0.870 e. The molecule has 5 nitrogen and oxygen atoms in total. The van der Waals surface area contributed by atoms with Crippen LogP contribution in [0.4, 0.5) is 0 Å². The second-order valence-electron chi connectivity index (χ2n) is 5.92. The van der Waals surface area contributed by atoms with E-state index >= 15 is 0 Å². The van der Waals surface area contributed by atoms with Crippen molar-refractivity contribution in [2.24, 2.45) is 0 Å². The summed E-state index contributed by atoms with van der Waals surface area (Å²) < 4.78 is 14.8. The van der Waals surface area contributed by atoms with Gasteiger partial charge < -0.3 is 15.3 Å². The number of hydrogen-bond donors (Lipinski definition) is 2. The van der Waals surface area contributed by atoms with Crippen LogP contribution in [0, 0.1) is 0 Å². The topological polar surface area (TPSA) is 96.8 Å². The van der Waals surface area contributed by atoms with E-state index in [1.54, 1.807) is 0 Å². The van der Waals surface area contributed by atoms with Crippen molar-refractivity contribution in [3.63, 3.8) is 0 Å². The first-order valence-electron chi connectivity index (χ1n) is 8.76. The molecule has 0 aliphatic carbocycles. The smallest absolute Gasteiger partial charge is 0.870 e. The van der Waals surface area contributed by atoms with E-state index in [0.717, 1.165) is 19.3 Å². The van der Waals surface area contributed by atoms with E-state index in [9.17, 15) is 4.57 Å². The fourth-order valence-electron chi connectivity index (χ4n) is 2.48. The van der Waals surface area contributed by atoms with Gasteiger partial charge in [0.25, 0.3) is 0 Å². The van der Waals surface area contributed by atoms with Gasteiger partial charge in [-0.15, -0.1) is 0 Å². The summed E-state index contributed by atoms with van der Waals surface area (Å²) in [5.74, 6) is 0. The van der Waals surface area contributed by atoms with Gasteiger partial charge in [0, 0.05) is 0 Å². The number of rotatable bonds is 16. The average Bonchev–Trinajstić information content (AvgIpc) is 2.42. The van der Waals surface area contributed by atoms with Gasteiger partial charge in [0.05, 0.1) is 6.61 Å². The Labute approximate surface area is 164 Å². The summed E-state index contributed by atoms with van der Waals surface area (Å²) in [4.78, 5) is 17.0. The predicted octanol–water partition coefficient (Wildman–Crippen LogP) is 2.40. The Kier molecular flexibility index (Phi) is 26.5. The molecule has 0 atom stereocenters. The Bertz CT molecular complexity index is 261. The van der Waals surface area contributed by atoms with E-state index in [1.165, 1.54) is 70.6 Å². The van der Waals surface area contributed by atoms with Crippen LogP contribution in [0.2, 0.25) is 0 Å². The minimum absolute atomic E-state index is 0. The molecule has 0 spiro atoms. The van der Waals surface area contributed by atoms with Crippen LogP contribution >= 0.6 is 7.82 Å². The van der Waals surface area contributed by atoms with Crippen LogP contribution in [0.1, 0.15) is 96.8 Å². The van der Waals surface area contributed by atoms with Crippen molar-refractivity contribution >= 4 is 7.82 Å². The minimum atomic E-state index is -4.25. The summed E-state index contributed by atoms with van der Waals surface area (Å²) in [6.45, 7) is 2.42.